The normalized spacial score (nSPS) is 9.24. The zero-order chi connectivity index (χ0) is 12.8. The molecule has 0 spiro atoms. The Bertz CT molecular complexity index is 561. The molecule has 17 heavy (non-hydrogen) atoms. The molecule has 0 aliphatic rings. The van der Waals surface area contributed by atoms with Crippen molar-refractivity contribution < 1.29 is 14.1 Å². The zero-order valence-electron chi connectivity index (χ0n) is 8.82. The fourth-order valence-electron chi connectivity index (χ4n) is 1.22. The van der Waals surface area contributed by atoms with E-state index in [2.05, 4.69) is 5.18 Å². The van der Waals surface area contributed by atoms with E-state index in [-0.39, 0.29) is 11.4 Å². The SMILES string of the molecule is CN=O.O=Cc1cc2cc([N+](=O)[O-])ccc2o1. The second-order valence-electron chi connectivity index (χ2n) is 2.93. The van der Waals surface area contributed by atoms with Crippen molar-refractivity contribution in [3.63, 3.8) is 0 Å². The van der Waals surface area contributed by atoms with Crippen LogP contribution in [0, 0.1) is 15.0 Å². The van der Waals surface area contributed by atoms with Gasteiger partial charge in [-0.1, -0.05) is 5.18 Å². The van der Waals surface area contributed by atoms with Crippen molar-refractivity contribution in [1.82, 2.24) is 0 Å². The van der Waals surface area contributed by atoms with Gasteiger partial charge in [0.1, 0.15) is 5.58 Å². The van der Waals surface area contributed by atoms with E-state index in [1.54, 1.807) is 0 Å². The number of carbonyl (C=O) groups excluding carboxylic acids is 1. The molecule has 0 fully saturated rings. The van der Waals surface area contributed by atoms with Gasteiger partial charge < -0.3 is 4.42 Å². The van der Waals surface area contributed by atoms with Crippen LogP contribution in [0.15, 0.2) is 33.9 Å². The summed E-state index contributed by atoms with van der Waals surface area (Å²) in [5.74, 6) is 0.167. The van der Waals surface area contributed by atoms with Crippen molar-refractivity contribution >= 4 is 22.9 Å². The number of non-ortho nitro benzene ring substituents is 1. The third-order valence-corrected chi connectivity index (χ3v) is 1.85. The largest absolute Gasteiger partial charge is 0.453 e. The lowest BCUT2D eigenvalue weighted by Gasteiger charge is -1.89. The number of carbonyl (C=O) groups is 1. The molecule has 1 heterocycles. The van der Waals surface area contributed by atoms with Crippen LogP contribution in [0.2, 0.25) is 0 Å². The number of aldehydes is 1. The fraction of sp³-hybridized carbons (Fsp3) is 0.100. The number of furan rings is 1. The van der Waals surface area contributed by atoms with E-state index in [0.717, 1.165) is 0 Å². The Morgan fingerprint density at radius 2 is 2.06 bits per heavy atom. The number of hydrogen-bond acceptors (Lipinski definition) is 6. The molecule has 0 saturated heterocycles. The van der Waals surface area contributed by atoms with Gasteiger partial charge in [-0.2, -0.15) is 4.91 Å². The third kappa shape index (κ3) is 2.94. The Labute approximate surface area is 95.2 Å². The van der Waals surface area contributed by atoms with Crippen molar-refractivity contribution in [2.24, 2.45) is 5.18 Å². The molecule has 0 unspecified atom stereocenters. The molecule has 0 N–H and O–H groups in total. The molecular weight excluding hydrogens is 228 g/mol. The quantitative estimate of drug-likeness (QED) is 0.345. The first-order valence-corrected chi connectivity index (χ1v) is 4.47. The van der Waals surface area contributed by atoms with Gasteiger partial charge in [0.2, 0.25) is 0 Å². The van der Waals surface area contributed by atoms with Gasteiger partial charge in [-0.15, -0.1) is 0 Å². The number of nitrogens with zero attached hydrogens (tertiary/aromatic N) is 2. The molecule has 7 heteroatoms. The fourth-order valence-corrected chi connectivity index (χ4v) is 1.22. The maximum Gasteiger partial charge on any atom is 0.270 e. The highest BCUT2D eigenvalue weighted by atomic mass is 16.6. The third-order valence-electron chi connectivity index (χ3n) is 1.85. The van der Waals surface area contributed by atoms with Gasteiger partial charge in [-0.05, 0) is 12.1 Å². The van der Waals surface area contributed by atoms with Crippen LogP contribution in [0.5, 0.6) is 0 Å². The Kier molecular flexibility index (Phi) is 4.04. The summed E-state index contributed by atoms with van der Waals surface area (Å²) in [6.07, 6.45) is 0.561. The highest BCUT2D eigenvalue weighted by Gasteiger charge is 2.09. The molecule has 0 amide bonds. The predicted octanol–water partition coefficient (Wildman–Crippen LogP) is 2.54. The average Bonchev–Trinajstić information content (AvgIpc) is 2.71. The second kappa shape index (κ2) is 5.50. The molecule has 0 bridgehead atoms. The first-order chi connectivity index (χ1) is 8.12. The van der Waals surface area contributed by atoms with Crippen LogP contribution in [0.25, 0.3) is 11.0 Å². The molecule has 1 aromatic carbocycles. The van der Waals surface area contributed by atoms with Crippen molar-refractivity contribution in [3.05, 3.63) is 45.0 Å². The monoisotopic (exact) mass is 236 g/mol. The average molecular weight is 236 g/mol. The van der Waals surface area contributed by atoms with Gasteiger partial charge in [0.15, 0.2) is 12.0 Å². The van der Waals surface area contributed by atoms with Crippen molar-refractivity contribution in [3.8, 4) is 0 Å². The van der Waals surface area contributed by atoms with Crippen LogP contribution >= 0.6 is 0 Å². The first kappa shape index (κ1) is 12.5. The summed E-state index contributed by atoms with van der Waals surface area (Å²) in [6.45, 7) is 0. The standard InChI is InChI=1S/C9H5NO4.CH3NO/c11-5-8-4-6-3-7(10(12)13)1-2-9(6)14-8;1-2-3/h1-5H;1H3. The lowest BCUT2D eigenvalue weighted by Crippen LogP contribution is -1.85. The molecule has 7 nitrogen and oxygen atoms in total. The Morgan fingerprint density at radius 3 is 2.59 bits per heavy atom. The van der Waals surface area contributed by atoms with Crippen LogP contribution in [0.4, 0.5) is 5.69 Å². The van der Waals surface area contributed by atoms with Gasteiger partial charge in [0.05, 0.1) is 12.0 Å². The highest BCUT2D eigenvalue weighted by molar-refractivity contribution is 5.86. The van der Waals surface area contributed by atoms with E-state index in [0.29, 0.717) is 17.3 Å². The molecule has 2 aromatic rings. The Morgan fingerprint density at radius 1 is 1.41 bits per heavy atom. The number of benzene rings is 1. The molecule has 2 rings (SSSR count). The first-order valence-electron chi connectivity index (χ1n) is 4.47. The summed E-state index contributed by atoms with van der Waals surface area (Å²) in [4.78, 5) is 28.9. The number of nitroso groups, excluding NO2 is 1. The minimum Gasteiger partial charge on any atom is -0.453 e. The van der Waals surface area contributed by atoms with Gasteiger partial charge in [0.25, 0.3) is 5.69 Å². The number of hydrogen-bond donors (Lipinski definition) is 0. The van der Waals surface area contributed by atoms with Crippen molar-refractivity contribution in [2.75, 3.05) is 7.05 Å². The van der Waals surface area contributed by atoms with Crippen molar-refractivity contribution in [1.29, 1.82) is 0 Å². The topological polar surface area (TPSA) is 103 Å². The highest BCUT2D eigenvalue weighted by Crippen LogP contribution is 2.23. The van der Waals surface area contributed by atoms with Crippen LogP contribution in [0.3, 0.4) is 0 Å². The van der Waals surface area contributed by atoms with Crippen molar-refractivity contribution in [2.45, 2.75) is 0 Å². The summed E-state index contributed by atoms with van der Waals surface area (Å²) in [7, 11) is 1.19. The minimum absolute atomic E-state index is 0.0178. The zero-order valence-corrected chi connectivity index (χ0v) is 8.82. The van der Waals surface area contributed by atoms with Gasteiger partial charge >= 0.3 is 0 Å². The maximum atomic E-state index is 10.4. The molecule has 0 radical (unpaired) electrons. The molecule has 0 aliphatic heterocycles. The molecule has 0 aliphatic carbocycles. The van der Waals surface area contributed by atoms with E-state index in [9.17, 15) is 14.9 Å². The van der Waals surface area contributed by atoms with Gasteiger partial charge in [0, 0.05) is 17.5 Å². The summed E-state index contributed by atoms with van der Waals surface area (Å²) >= 11 is 0. The number of nitro benzene ring substituents is 1. The molecular formula is C10H8N2O5. The van der Waals surface area contributed by atoms with E-state index in [4.69, 9.17) is 9.32 Å². The molecule has 88 valence electrons. The number of rotatable bonds is 2. The molecule has 1 aromatic heterocycles. The maximum absolute atomic E-state index is 10.4. The van der Waals surface area contributed by atoms with Crippen LogP contribution < -0.4 is 0 Å². The Hall–Kier alpha value is -2.57. The number of fused-ring (bicyclic) bond motifs is 1. The lowest BCUT2D eigenvalue weighted by atomic mass is 10.2. The van der Waals surface area contributed by atoms with E-state index >= 15 is 0 Å². The number of nitro groups is 1. The second-order valence-corrected chi connectivity index (χ2v) is 2.93. The van der Waals surface area contributed by atoms with E-state index < -0.39 is 4.92 Å². The van der Waals surface area contributed by atoms with E-state index in [1.165, 1.54) is 31.3 Å². The Balaban J connectivity index is 0.000000437. The van der Waals surface area contributed by atoms with Crippen LogP contribution in [0.1, 0.15) is 10.6 Å². The minimum atomic E-state index is -0.493. The lowest BCUT2D eigenvalue weighted by molar-refractivity contribution is -0.384. The van der Waals surface area contributed by atoms with E-state index in [1.807, 2.05) is 0 Å². The summed E-state index contributed by atoms with van der Waals surface area (Å²) in [6, 6.07) is 5.64. The predicted molar refractivity (Wildman–Crippen MR) is 60.0 cm³/mol. The molecule has 0 saturated carbocycles. The van der Waals surface area contributed by atoms with Gasteiger partial charge in [-0.25, -0.2) is 0 Å². The smallest absolute Gasteiger partial charge is 0.270 e. The summed E-state index contributed by atoms with van der Waals surface area (Å²) < 4.78 is 5.06. The summed E-state index contributed by atoms with van der Waals surface area (Å²) in [5.41, 5.74) is 0.452. The summed E-state index contributed by atoms with van der Waals surface area (Å²) in [5, 5.41) is 13.2. The van der Waals surface area contributed by atoms with Crippen LogP contribution in [-0.2, 0) is 0 Å². The van der Waals surface area contributed by atoms with Gasteiger partial charge in [-0.3, -0.25) is 14.9 Å². The van der Waals surface area contributed by atoms with Crippen LogP contribution in [-0.4, -0.2) is 18.3 Å². The molecule has 0 atom stereocenters.